The molecule has 0 bridgehead atoms. The molecule has 0 aliphatic heterocycles. The van der Waals surface area contributed by atoms with Gasteiger partial charge < -0.3 is 10.1 Å². The Balaban J connectivity index is 1.80. The number of ether oxygens (including phenoxy) is 1. The van der Waals surface area contributed by atoms with Crippen LogP contribution in [0.2, 0.25) is 0 Å². The van der Waals surface area contributed by atoms with Crippen LogP contribution >= 0.6 is 0 Å². The third-order valence-corrected chi connectivity index (χ3v) is 5.09. The average Bonchev–Trinajstić information content (AvgIpc) is 2.96. The lowest BCUT2D eigenvalue weighted by Gasteiger charge is -2.22. The molecule has 0 saturated heterocycles. The van der Waals surface area contributed by atoms with Crippen LogP contribution in [0.15, 0.2) is 42.5 Å². The van der Waals surface area contributed by atoms with E-state index >= 15 is 0 Å². The molecule has 0 saturated carbocycles. The van der Waals surface area contributed by atoms with Crippen LogP contribution < -0.4 is 10.1 Å². The molecule has 1 aliphatic rings. The van der Waals surface area contributed by atoms with Gasteiger partial charge in [0, 0.05) is 6.54 Å². The second-order valence-corrected chi connectivity index (χ2v) is 6.70. The average molecular weight is 309 g/mol. The highest BCUT2D eigenvalue weighted by atomic mass is 16.5. The van der Waals surface area contributed by atoms with Crippen molar-refractivity contribution in [3.8, 4) is 5.75 Å². The predicted molar refractivity (Wildman–Crippen MR) is 96.5 cm³/mol. The van der Waals surface area contributed by atoms with E-state index in [4.69, 9.17) is 4.74 Å². The van der Waals surface area contributed by atoms with E-state index in [0.29, 0.717) is 11.8 Å². The number of rotatable bonds is 6. The van der Waals surface area contributed by atoms with Crippen molar-refractivity contribution in [2.24, 2.45) is 0 Å². The molecule has 2 unspecified atom stereocenters. The summed E-state index contributed by atoms with van der Waals surface area (Å²) in [5, 5.41) is 3.38. The zero-order valence-electron chi connectivity index (χ0n) is 14.4. The number of nitrogens with one attached hydrogen (secondary N) is 1. The highest BCUT2D eigenvalue weighted by Gasteiger charge is 2.26. The minimum Gasteiger partial charge on any atom is -0.497 e. The van der Waals surface area contributed by atoms with Gasteiger partial charge in [-0.3, -0.25) is 0 Å². The van der Waals surface area contributed by atoms with Crippen molar-refractivity contribution in [2.75, 3.05) is 20.7 Å². The summed E-state index contributed by atoms with van der Waals surface area (Å²) in [6.07, 6.45) is 3.65. The van der Waals surface area contributed by atoms with Gasteiger partial charge in [-0.1, -0.05) is 35.9 Å². The van der Waals surface area contributed by atoms with E-state index in [1.54, 1.807) is 7.11 Å². The first-order valence-electron chi connectivity index (χ1n) is 8.59. The Bertz CT molecular complexity index is 665. The molecule has 2 atom stereocenters. The molecule has 0 aromatic heterocycles. The Morgan fingerprint density at radius 2 is 2.09 bits per heavy atom. The maximum Gasteiger partial charge on any atom is 0.119 e. The van der Waals surface area contributed by atoms with Crippen LogP contribution in [0.5, 0.6) is 5.75 Å². The number of aryl methyl sites for hydroxylation is 2. The standard InChI is InChI=1S/C21H27NO/c1-15-5-4-6-16(11-15)19(14-22-2)12-17-7-8-18-13-20(23-3)9-10-21(17)18/h4-6,9-11,13,17,19,22H,7-8,12,14H2,1-3H3. The second kappa shape index (κ2) is 7.18. The van der Waals surface area contributed by atoms with Crippen LogP contribution in [0.4, 0.5) is 0 Å². The first-order valence-corrected chi connectivity index (χ1v) is 8.59. The van der Waals surface area contributed by atoms with Gasteiger partial charge in [0.05, 0.1) is 7.11 Å². The molecule has 0 spiro atoms. The van der Waals surface area contributed by atoms with Crippen molar-refractivity contribution in [3.05, 3.63) is 64.7 Å². The Morgan fingerprint density at radius 1 is 1.22 bits per heavy atom. The van der Waals surface area contributed by atoms with E-state index < -0.39 is 0 Å². The molecule has 1 N–H and O–H groups in total. The monoisotopic (exact) mass is 309 g/mol. The fraction of sp³-hybridized carbons (Fsp3) is 0.429. The molecule has 122 valence electrons. The topological polar surface area (TPSA) is 21.3 Å². The summed E-state index contributed by atoms with van der Waals surface area (Å²) < 4.78 is 5.37. The number of methoxy groups -OCH3 is 1. The SMILES string of the molecule is CNCC(CC1CCc2cc(OC)ccc21)c1cccc(C)c1. The Morgan fingerprint density at radius 3 is 2.83 bits per heavy atom. The van der Waals surface area contributed by atoms with E-state index in [-0.39, 0.29) is 0 Å². The summed E-state index contributed by atoms with van der Waals surface area (Å²) in [7, 11) is 3.80. The number of likely N-dealkylation sites (N-methyl/N-ethyl adjacent to an activating group) is 1. The molecule has 1 aliphatic carbocycles. The molecule has 23 heavy (non-hydrogen) atoms. The number of hydrogen-bond acceptors (Lipinski definition) is 2. The summed E-state index contributed by atoms with van der Waals surface area (Å²) in [6, 6.07) is 15.6. The Labute approximate surface area is 139 Å². The maximum absolute atomic E-state index is 5.37. The van der Waals surface area contributed by atoms with Crippen LogP contribution in [-0.4, -0.2) is 20.7 Å². The molecule has 0 heterocycles. The van der Waals surface area contributed by atoms with Crippen molar-refractivity contribution in [1.82, 2.24) is 5.32 Å². The summed E-state index contributed by atoms with van der Waals surface area (Å²) >= 11 is 0. The van der Waals surface area contributed by atoms with Crippen molar-refractivity contribution in [3.63, 3.8) is 0 Å². The fourth-order valence-corrected chi connectivity index (χ4v) is 3.91. The molecule has 3 rings (SSSR count). The predicted octanol–water partition coefficient (Wildman–Crippen LogP) is 4.43. The Kier molecular flexibility index (Phi) is 5.02. The van der Waals surface area contributed by atoms with Gasteiger partial charge in [-0.05, 0) is 73.9 Å². The summed E-state index contributed by atoms with van der Waals surface area (Å²) in [5.74, 6) is 2.21. The summed E-state index contributed by atoms with van der Waals surface area (Å²) in [6.45, 7) is 3.21. The third kappa shape index (κ3) is 3.59. The molecule has 2 nitrogen and oxygen atoms in total. The molecule has 0 fully saturated rings. The van der Waals surface area contributed by atoms with Gasteiger partial charge in [0.2, 0.25) is 0 Å². The fourth-order valence-electron chi connectivity index (χ4n) is 3.91. The first kappa shape index (κ1) is 16.1. The Hall–Kier alpha value is -1.80. The number of fused-ring (bicyclic) bond motifs is 1. The van der Waals surface area contributed by atoms with Gasteiger partial charge in [0.1, 0.15) is 5.75 Å². The van der Waals surface area contributed by atoms with Crippen LogP contribution in [-0.2, 0) is 6.42 Å². The van der Waals surface area contributed by atoms with Crippen LogP contribution in [0.25, 0.3) is 0 Å². The molecule has 2 aromatic rings. The molecule has 2 heteroatoms. The van der Waals surface area contributed by atoms with Gasteiger partial charge in [0.25, 0.3) is 0 Å². The highest BCUT2D eigenvalue weighted by molar-refractivity contribution is 5.41. The molecule has 2 aromatic carbocycles. The van der Waals surface area contributed by atoms with Crippen molar-refractivity contribution in [2.45, 2.75) is 38.0 Å². The van der Waals surface area contributed by atoms with Gasteiger partial charge >= 0.3 is 0 Å². The smallest absolute Gasteiger partial charge is 0.119 e. The highest BCUT2D eigenvalue weighted by Crippen LogP contribution is 2.41. The van der Waals surface area contributed by atoms with E-state index in [0.717, 1.165) is 12.3 Å². The van der Waals surface area contributed by atoms with E-state index in [2.05, 4.69) is 61.8 Å². The molecular weight excluding hydrogens is 282 g/mol. The van der Waals surface area contributed by atoms with Gasteiger partial charge in [0.15, 0.2) is 0 Å². The van der Waals surface area contributed by atoms with Gasteiger partial charge in [-0.2, -0.15) is 0 Å². The summed E-state index contributed by atoms with van der Waals surface area (Å²) in [5.41, 5.74) is 5.81. The number of hydrogen-bond donors (Lipinski definition) is 1. The molecule has 0 amide bonds. The van der Waals surface area contributed by atoms with Gasteiger partial charge in [-0.25, -0.2) is 0 Å². The van der Waals surface area contributed by atoms with Gasteiger partial charge in [-0.15, -0.1) is 0 Å². The first-order chi connectivity index (χ1) is 11.2. The van der Waals surface area contributed by atoms with Crippen molar-refractivity contribution >= 4 is 0 Å². The minimum atomic E-state index is 0.568. The zero-order chi connectivity index (χ0) is 16.2. The van der Waals surface area contributed by atoms with Crippen molar-refractivity contribution in [1.29, 1.82) is 0 Å². The second-order valence-electron chi connectivity index (χ2n) is 6.70. The zero-order valence-corrected chi connectivity index (χ0v) is 14.4. The lowest BCUT2D eigenvalue weighted by Crippen LogP contribution is -2.19. The van der Waals surface area contributed by atoms with Crippen LogP contribution in [0, 0.1) is 6.92 Å². The lowest BCUT2D eigenvalue weighted by atomic mass is 9.85. The third-order valence-electron chi connectivity index (χ3n) is 5.09. The van der Waals surface area contributed by atoms with Crippen LogP contribution in [0.3, 0.4) is 0 Å². The molecule has 0 radical (unpaired) electrons. The van der Waals surface area contributed by atoms with E-state index in [1.807, 2.05) is 0 Å². The normalized spacial score (nSPS) is 17.8. The minimum absolute atomic E-state index is 0.568. The number of benzene rings is 2. The quantitative estimate of drug-likeness (QED) is 0.852. The van der Waals surface area contributed by atoms with Crippen LogP contribution in [0.1, 0.15) is 46.9 Å². The van der Waals surface area contributed by atoms with E-state index in [1.165, 1.54) is 41.5 Å². The largest absolute Gasteiger partial charge is 0.497 e. The van der Waals surface area contributed by atoms with E-state index in [9.17, 15) is 0 Å². The molecular formula is C21H27NO. The maximum atomic E-state index is 5.37. The summed E-state index contributed by atoms with van der Waals surface area (Å²) in [4.78, 5) is 0. The van der Waals surface area contributed by atoms with Crippen molar-refractivity contribution < 1.29 is 4.74 Å². The lowest BCUT2D eigenvalue weighted by molar-refractivity contribution is 0.414.